The number of carbonyl (C=O) groups excluding carboxylic acids is 1. The third kappa shape index (κ3) is 9.89. The van der Waals surface area contributed by atoms with Crippen LogP contribution in [0.5, 0.6) is 0 Å². The molecule has 1 N–H and O–H groups in total. The average Bonchev–Trinajstić information content (AvgIpc) is 3.95. The fourth-order valence-corrected chi connectivity index (χ4v) is 5.09. The first-order valence-electron chi connectivity index (χ1n) is 15.7. The molecule has 0 spiro atoms. The van der Waals surface area contributed by atoms with Gasteiger partial charge in [-0.05, 0) is 75.9 Å². The Hall–Kier alpha value is -4.73. The van der Waals surface area contributed by atoms with Crippen LogP contribution in [0, 0.1) is 23.2 Å². The van der Waals surface area contributed by atoms with Gasteiger partial charge in [0.25, 0.3) is 0 Å². The molecule has 2 fully saturated rings. The zero-order chi connectivity index (χ0) is 32.5. The third-order valence-corrected chi connectivity index (χ3v) is 8.13. The molecular weight excluding hydrogens is 582 g/mol. The van der Waals surface area contributed by atoms with Crippen LogP contribution in [0.3, 0.4) is 0 Å². The summed E-state index contributed by atoms with van der Waals surface area (Å²) >= 11 is 0. The number of rotatable bonds is 15. The lowest BCUT2D eigenvalue weighted by molar-refractivity contribution is 0.0696. The van der Waals surface area contributed by atoms with Crippen molar-refractivity contribution < 1.29 is 14.7 Å². The van der Waals surface area contributed by atoms with Crippen LogP contribution < -0.4 is 0 Å². The van der Waals surface area contributed by atoms with Crippen LogP contribution in [-0.2, 0) is 13.1 Å². The minimum Gasteiger partial charge on any atom is -0.478 e. The second-order valence-electron chi connectivity index (χ2n) is 12.3. The van der Waals surface area contributed by atoms with Crippen molar-refractivity contribution in [3.63, 3.8) is 0 Å². The number of pyridine rings is 2. The van der Waals surface area contributed by atoms with Gasteiger partial charge in [-0.25, -0.2) is 14.8 Å². The van der Waals surface area contributed by atoms with E-state index in [1.165, 1.54) is 51.0 Å². The summed E-state index contributed by atoms with van der Waals surface area (Å²) in [6.07, 6.45) is 15.9. The Labute approximate surface area is 269 Å². The number of Topliss-reactive ketones (excluding diaryl/α,β-unsaturated/α-hetero) is 1. The molecule has 46 heavy (non-hydrogen) atoms. The smallest absolute Gasteiger partial charge is 0.335 e. The van der Waals surface area contributed by atoms with Gasteiger partial charge in [0.1, 0.15) is 11.4 Å². The molecule has 0 amide bonds. The summed E-state index contributed by atoms with van der Waals surface area (Å²) in [7, 11) is 4.30. The van der Waals surface area contributed by atoms with Gasteiger partial charge in [0.2, 0.25) is 0 Å². The summed E-state index contributed by atoms with van der Waals surface area (Å²) in [6.45, 7) is 6.06. The van der Waals surface area contributed by atoms with E-state index in [1.54, 1.807) is 37.1 Å². The number of nitrogens with zero attached hydrogens (tertiary/aromatic N) is 9. The number of carboxylic acids is 1. The summed E-state index contributed by atoms with van der Waals surface area (Å²) in [5, 5.41) is 17.7. The average molecular weight is 624 g/mol. The van der Waals surface area contributed by atoms with Crippen molar-refractivity contribution in [2.75, 3.05) is 40.3 Å². The van der Waals surface area contributed by atoms with E-state index < -0.39 is 5.97 Å². The lowest BCUT2D eigenvalue weighted by atomic mass is 10.1. The fraction of sp³-hybridized carbons (Fsp3) is 0.441. The van der Waals surface area contributed by atoms with Gasteiger partial charge >= 0.3 is 5.97 Å². The molecule has 0 aliphatic heterocycles. The molecule has 2 aliphatic carbocycles. The van der Waals surface area contributed by atoms with Gasteiger partial charge in [-0.3, -0.25) is 14.8 Å². The number of hydrogen-bond donors (Lipinski definition) is 1. The van der Waals surface area contributed by atoms with E-state index in [0.29, 0.717) is 22.6 Å². The van der Waals surface area contributed by atoms with Gasteiger partial charge in [0.15, 0.2) is 5.78 Å². The van der Waals surface area contributed by atoms with Crippen molar-refractivity contribution in [3.8, 4) is 28.8 Å². The predicted octanol–water partition coefficient (Wildman–Crippen LogP) is 4.37. The SMILES string of the molecule is CN(CCn1cnc(-c2cc(C(=O)CC#N)ccn2)c1)CC1CC1.CN(CCn1cnc(-c2cc(C(=O)O)ccn2)c1)CC1CC1. The topological polar surface area (TPSA) is 146 Å². The van der Waals surface area contributed by atoms with E-state index in [0.717, 1.165) is 43.7 Å². The number of likely N-dealkylation sites (N-methyl/N-ethyl adjacent to an activating group) is 2. The maximum atomic E-state index is 11.8. The summed E-state index contributed by atoms with van der Waals surface area (Å²) in [5.41, 5.74) is 3.41. The first-order valence-corrected chi connectivity index (χ1v) is 15.7. The molecule has 12 nitrogen and oxygen atoms in total. The Kier molecular flexibility index (Phi) is 11.0. The standard InChI is InChI=1S/C18H21N5O.C16H20N4O2/c1-22(11-14-2-3-14)8-9-23-12-17(21-13-23)16-10-15(5-7-20-16)18(24)4-6-19;1-19(9-12-2-3-12)6-7-20-10-15(18-11-20)14-8-13(16(21)22)4-5-17-14/h5,7,10,12-14H,2-4,8-9,11H2,1H3;4-5,8,10-12H,2-3,6-7,9H2,1H3,(H,21,22). The maximum Gasteiger partial charge on any atom is 0.335 e. The zero-order valence-corrected chi connectivity index (χ0v) is 26.5. The van der Waals surface area contributed by atoms with Crippen LogP contribution in [0.4, 0.5) is 0 Å². The zero-order valence-electron chi connectivity index (χ0n) is 26.5. The number of carbonyl (C=O) groups is 2. The monoisotopic (exact) mass is 623 g/mol. The number of aromatic nitrogens is 6. The van der Waals surface area contributed by atoms with E-state index >= 15 is 0 Å². The first-order chi connectivity index (χ1) is 22.3. The second kappa shape index (κ2) is 15.5. The number of aromatic carboxylic acids is 1. The van der Waals surface area contributed by atoms with Crippen molar-refractivity contribution in [3.05, 3.63) is 72.8 Å². The molecule has 2 saturated carbocycles. The van der Waals surface area contributed by atoms with E-state index in [1.807, 2.05) is 27.6 Å². The van der Waals surface area contributed by atoms with Crippen LogP contribution in [0.15, 0.2) is 61.7 Å². The molecule has 4 aromatic rings. The molecule has 12 heteroatoms. The molecule has 0 bridgehead atoms. The van der Waals surface area contributed by atoms with Crippen LogP contribution >= 0.6 is 0 Å². The Balaban J connectivity index is 0.000000182. The number of carboxylic acid groups (broad SMARTS) is 1. The van der Waals surface area contributed by atoms with Gasteiger partial charge in [-0.1, -0.05) is 0 Å². The summed E-state index contributed by atoms with van der Waals surface area (Å²) < 4.78 is 4.07. The van der Waals surface area contributed by atoms with Crippen molar-refractivity contribution >= 4 is 11.8 Å². The second-order valence-corrected chi connectivity index (χ2v) is 12.3. The summed E-state index contributed by atoms with van der Waals surface area (Å²) in [6, 6.07) is 8.24. The van der Waals surface area contributed by atoms with Crippen LogP contribution in [0.1, 0.15) is 52.8 Å². The molecule has 240 valence electrons. The number of hydrogen-bond acceptors (Lipinski definition) is 9. The molecule has 6 rings (SSSR count). The van der Waals surface area contributed by atoms with E-state index in [2.05, 4.69) is 43.8 Å². The fourth-order valence-electron chi connectivity index (χ4n) is 5.09. The van der Waals surface area contributed by atoms with Gasteiger partial charge in [0.05, 0.1) is 42.1 Å². The Morgan fingerprint density at radius 3 is 1.74 bits per heavy atom. The highest BCUT2D eigenvalue weighted by molar-refractivity contribution is 5.98. The summed E-state index contributed by atoms with van der Waals surface area (Å²) in [5.74, 6) is 0.643. The quantitative estimate of drug-likeness (QED) is 0.189. The number of ketones is 1. The molecule has 0 unspecified atom stereocenters. The molecule has 4 heterocycles. The van der Waals surface area contributed by atoms with Crippen molar-refractivity contribution in [2.24, 2.45) is 11.8 Å². The molecule has 0 atom stereocenters. The van der Waals surface area contributed by atoms with Gasteiger partial charge in [-0.15, -0.1) is 0 Å². The molecule has 0 saturated heterocycles. The van der Waals surface area contributed by atoms with Crippen LogP contribution in [0.25, 0.3) is 22.8 Å². The number of imidazole rings is 2. The first kappa shape index (κ1) is 32.7. The lowest BCUT2D eigenvalue weighted by Crippen LogP contribution is -2.25. The number of nitriles is 1. The molecule has 0 radical (unpaired) electrons. The van der Waals surface area contributed by atoms with Crippen molar-refractivity contribution in [1.82, 2.24) is 38.9 Å². The van der Waals surface area contributed by atoms with Gasteiger partial charge in [-0.2, -0.15) is 5.26 Å². The predicted molar refractivity (Wildman–Crippen MR) is 173 cm³/mol. The van der Waals surface area contributed by atoms with Crippen LogP contribution in [0.2, 0.25) is 0 Å². The van der Waals surface area contributed by atoms with Crippen LogP contribution in [-0.4, -0.2) is 96.0 Å². The highest BCUT2D eigenvalue weighted by Crippen LogP contribution is 2.30. The third-order valence-electron chi connectivity index (χ3n) is 8.13. The normalized spacial score (nSPS) is 14.2. The maximum absolute atomic E-state index is 11.8. The Bertz CT molecular complexity index is 1670. The Morgan fingerprint density at radius 2 is 1.28 bits per heavy atom. The van der Waals surface area contributed by atoms with Gasteiger partial charge in [0, 0.05) is 69.6 Å². The van der Waals surface area contributed by atoms with Gasteiger partial charge < -0.3 is 24.0 Å². The van der Waals surface area contributed by atoms with E-state index in [9.17, 15) is 9.59 Å². The molecule has 4 aromatic heterocycles. The van der Waals surface area contributed by atoms with E-state index in [-0.39, 0.29) is 17.8 Å². The summed E-state index contributed by atoms with van der Waals surface area (Å²) in [4.78, 5) is 44.7. The molecular formula is C34H41N9O3. The minimum absolute atomic E-state index is 0.120. The highest BCUT2D eigenvalue weighted by Gasteiger charge is 2.23. The van der Waals surface area contributed by atoms with E-state index in [4.69, 9.17) is 10.4 Å². The van der Waals surface area contributed by atoms with Crippen molar-refractivity contribution in [1.29, 1.82) is 5.26 Å². The van der Waals surface area contributed by atoms with Crippen molar-refractivity contribution in [2.45, 2.75) is 45.2 Å². The lowest BCUT2D eigenvalue weighted by Gasteiger charge is -2.15. The Morgan fingerprint density at radius 1 is 0.804 bits per heavy atom. The molecule has 2 aliphatic rings. The minimum atomic E-state index is -0.954. The highest BCUT2D eigenvalue weighted by atomic mass is 16.4. The largest absolute Gasteiger partial charge is 0.478 e. The molecule has 0 aromatic carbocycles.